The van der Waals surface area contributed by atoms with Gasteiger partial charge < -0.3 is 15.3 Å². The van der Waals surface area contributed by atoms with Crippen molar-refractivity contribution in [3.8, 4) is 0 Å². The van der Waals surface area contributed by atoms with Crippen LogP contribution in [0.15, 0.2) is 18.3 Å². The van der Waals surface area contributed by atoms with E-state index < -0.39 is 29.8 Å². The first-order chi connectivity index (χ1) is 9.27. The number of anilines is 1. The van der Waals surface area contributed by atoms with Gasteiger partial charge in [0.05, 0.1) is 17.8 Å². The highest BCUT2D eigenvalue weighted by molar-refractivity contribution is 5.90. The molecule has 0 bridgehead atoms. The molecule has 6 nitrogen and oxygen atoms in total. The number of alkyl halides is 3. The van der Waals surface area contributed by atoms with Gasteiger partial charge in [-0.1, -0.05) is 0 Å². The summed E-state index contributed by atoms with van der Waals surface area (Å²) in [5.41, 5.74) is -0.938. The molecule has 0 unspecified atom stereocenters. The van der Waals surface area contributed by atoms with Crippen LogP contribution in [0.5, 0.6) is 0 Å². The summed E-state index contributed by atoms with van der Waals surface area (Å²) < 4.78 is 36.8. The molecule has 1 aromatic heterocycles. The number of aliphatic carboxylic acids is 1. The van der Waals surface area contributed by atoms with E-state index in [-0.39, 0.29) is 18.8 Å². The number of carboxylic acid groups (broad SMARTS) is 1. The minimum atomic E-state index is -4.53. The van der Waals surface area contributed by atoms with Crippen LogP contribution in [0.25, 0.3) is 0 Å². The zero-order valence-electron chi connectivity index (χ0n) is 10.0. The average molecular weight is 289 g/mol. The summed E-state index contributed by atoms with van der Waals surface area (Å²) >= 11 is 0. The molecule has 0 radical (unpaired) electrons. The maximum Gasteiger partial charge on any atom is 0.433 e. The van der Waals surface area contributed by atoms with Crippen LogP contribution < -0.4 is 5.32 Å². The van der Waals surface area contributed by atoms with Gasteiger partial charge in [0.2, 0.25) is 0 Å². The molecule has 0 atom stereocenters. The molecule has 0 aromatic carbocycles. The van der Waals surface area contributed by atoms with Crippen molar-refractivity contribution >= 4 is 17.7 Å². The van der Waals surface area contributed by atoms with E-state index >= 15 is 0 Å². The fourth-order valence-electron chi connectivity index (χ4n) is 1.64. The van der Waals surface area contributed by atoms with Gasteiger partial charge >= 0.3 is 18.2 Å². The summed E-state index contributed by atoms with van der Waals surface area (Å²) in [5, 5.41) is 11.0. The van der Waals surface area contributed by atoms with Gasteiger partial charge in [-0.25, -0.2) is 9.78 Å². The van der Waals surface area contributed by atoms with Crippen LogP contribution in [0.4, 0.5) is 23.7 Å². The van der Waals surface area contributed by atoms with Gasteiger partial charge in [-0.3, -0.25) is 4.79 Å². The fourth-order valence-corrected chi connectivity index (χ4v) is 1.64. The molecule has 2 heterocycles. The molecule has 0 spiro atoms. The van der Waals surface area contributed by atoms with Crippen LogP contribution in [0, 0.1) is 5.92 Å². The van der Waals surface area contributed by atoms with E-state index in [1.54, 1.807) is 0 Å². The standard InChI is InChI=1S/C11H10F3N3O3/c12-11(13,14)8-2-1-7(3-15-8)16-10(20)17-4-6(5-17)9(18)19/h1-3,6H,4-5H2,(H,16,20)(H,18,19). The van der Waals surface area contributed by atoms with E-state index in [0.29, 0.717) is 0 Å². The number of carboxylic acids is 1. The second kappa shape index (κ2) is 4.99. The highest BCUT2D eigenvalue weighted by Crippen LogP contribution is 2.28. The van der Waals surface area contributed by atoms with Gasteiger partial charge in [0.15, 0.2) is 0 Å². The Morgan fingerprint density at radius 3 is 2.45 bits per heavy atom. The highest BCUT2D eigenvalue weighted by atomic mass is 19.4. The predicted octanol–water partition coefficient (Wildman–Crippen LogP) is 1.65. The first-order valence-corrected chi connectivity index (χ1v) is 5.59. The van der Waals surface area contributed by atoms with E-state index in [0.717, 1.165) is 18.3 Å². The molecule has 1 aromatic rings. The normalized spacial score (nSPS) is 15.7. The molecule has 9 heteroatoms. The van der Waals surface area contributed by atoms with Gasteiger partial charge in [0, 0.05) is 13.1 Å². The first kappa shape index (κ1) is 14.1. The van der Waals surface area contributed by atoms with Crippen molar-refractivity contribution in [1.29, 1.82) is 0 Å². The topological polar surface area (TPSA) is 82.5 Å². The molecule has 2 amide bonds. The maximum absolute atomic E-state index is 12.3. The predicted molar refractivity (Wildman–Crippen MR) is 61.0 cm³/mol. The molecule has 2 rings (SSSR count). The number of halogens is 3. The Morgan fingerprint density at radius 1 is 1.35 bits per heavy atom. The van der Waals surface area contributed by atoms with Crippen molar-refractivity contribution < 1.29 is 27.9 Å². The number of amides is 2. The highest BCUT2D eigenvalue weighted by Gasteiger charge is 2.36. The minimum absolute atomic E-state index is 0.0786. The van der Waals surface area contributed by atoms with E-state index in [1.807, 2.05) is 0 Å². The third kappa shape index (κ3) is 2.98. The molecule has 20 heavy (non-hydrogen) atoms. The lowest BCUT2D eigenvalue weighted by Crippen LogP contribution is -2.54. The summed E-state index contributed by atoms with van der Waals surface area (Å²) in [7, 11) is 0. The first-order valence-electron chi connectivity index (χ1n) is 5.59. The molecular formula is C11H10F3N3O3. The van der Waals surface area contributed by atoms with E-state index in [2.05, 4.69) is 10.3 Å². The number of nitrogens with one attached hydrogen (secondary N) is 1. The smallest absolute Gasteiger partial charge is 0.433 e. The zero-order chi connectivity index (χ0) is 14.9. The number of rotatable bonds is 2. The molecule has 1 aliphatic rings. The fraction of sp³-hybridized carbons (Fsp3) is 0.364. The Hall–Kier alpha value is -2.32. The van der Waals surface area contributed by atoms with Crippen LogP contribution >= 0.6 is 0 Å². The van der Waals surface area contributed by atoms with Crippen molar-refractivity contribution in [2.75, 3.05) is 18.4 Å². The number of hydrogen-bond acceptors (Lipinski definition) is 3. The largest absolute Gasteiger partial charge is 0.481 e. The van der Waals surface area contributed by atoms with Gasteiger partial charge in [0.1, 0.15) is 5.69 Å². The van der Waals surface area contributed by atoms with Crippen LogP contribution in [0.2, 0.25) is 0 Å². The van der Waals surface area contributed by atoms with Crippen molar-refractivity contribution in [3.05, 3.63) is 24.0 Å². The number of carbonyl (C=O) groups excluding carboxylic acids is 1. The van der Waals surface area contributed by atoms with Crippen molar-refractivity contribution in [2.45, 2.75) is 6.18 Å². The Balaban J connectivity index is 1.91. The monoisotopic (exact) mass is 289 g/mol. The molecule has 1 aliphatic heterocycles. The Morgan fingerprint density at radius 2 is 2.00 bits per heavy atom. The maximum atomic E-state index is 12.3. The Bertz CT molecular complexity index is 524. The number of urea groups is 1. The van der Waals surface area contributed by atoms with E-state index in [9.17, 15) is 22.8 Å². The van der Waals surface area contributed by atoms with E-state index in [4.69, 9.17) is 5.11 Å². The second-order valence-electron chi connectivity index (χ2n) is 4.30. The second-order valence-corrected chi connectivity index (χ2v) is 4.30. The number of hydrogen-bond donors (Lipinski definition) is 2. The molecular weight excluding hydrogens is 279 g/mol. The molecule has 0 aliphatic carbocycles. The number of nitrogens with zero attached hydrogens (tertiary/aromatic N) is 2. The Labute approximate surface area is 111 Å². The number of aromatic nitrogens is 1. The molecule has 108 valence electrons. The van der Waals surface area contributed by atoms with Crippen LogP contribution in [0.3, 0.4) is 0 Å². The molecule has 0 saturated carbocycles. The van der Waals surface area contributed by atoms with Crippen LogP contribution in [-0.2, 0) is 11.0 Å². The van der Waals surface area contributed by atoms with Crippen molar-refractivity contribution in [1.82, 2.24) is 9.88 Å². The van der Waals surface area contributed by atoms with Gasteiger partial charge in [-0.05, 0) is 12.1 Å². The SMILES string of the molecule is O=C(O)C1CN(C(=O)Nc2ccc(C(F)(F)F)nc2)C1. The summed E-state index contributed by atoms with van der Waals surface area (Å²) in [6.07, 6.45) is -3.64. The third-order valence-corrected chi connectivity index (χ3v) is 2.82. The number of likely N-dealkylation sites (tertiary alicyclic amines) is 1. The lowest BCUT2D eigenvalue weighted by Gasteiger charge is -2.36. The molecule has 1 saturated heterocycles. The molecule has 2 N–H and O–H groups in total. The number of pyridine rings is 1. The summed E-state index contributed by atoms with van der Waals surface area (Å²) in [6, 6.07) is 1.28. The van der Waals surface area contributed by atoms with Gasteiger partial charge in [-0.2, -0.15) is 13.2 Å². The van der Waals surface area contributed by atoms with Crippen LogP contribution in [0.1, 0.15) is 5.69 Å². The summed E-state index contributed by atoms with van der Waals surface area (Å²) in [4.78, 5) is 26.6. The lowest BCUT2D eigenvalue weighted by atomic mass is 10.0. The average Bonchev–Trinajstić information content (AvgIpc) is 2.25. The van der Waals surface area contributed by atoms with Gasteiger partial charge in [0.25, 0.3) is 0 Å². The minimum Gasteiger partial charge on any atom is -0.481 e. The van der Waals surface area contributed by atoms with Crippen LogP contribution in [-0.4, -0.2) is 40.1 Å². The Kier molecular flexibility index (Phi) is 3.51. The van der Waals surface area contributed by atoms with Crippen molar-refractivity contribution in [2.24, 2.45) is 5.92 Å². The van der Waals surface area contributed by atoms with Crippen molar-refractivity contribution in [3.63, 3.8) is 0 Å². The lowest BCUT2D eigenvalue weighted by molar-refractivity contribution is -0.146. The molecule has 1 fully saturated rings. The zero-order valence-corrected chi connectivity index (χ0v) is 10.0. The quantitative estimate of drug-likeness (QED) is 0.867. The number of carbonyl (C=O) groups is 2. The third-order valence-electron chi connectivity index (χ3n) is 2.82. The summed E-state index contributed by atoms with van der Waals surface area (Å²) in [6.45, 7) is 0.157. The van der Waals surface area contributed by atoms with Gasteiger partial charge in [-0.15, -0.1) is 0 Å². The van der Waals surface area contributed by atoms with E-state index in [1.165, 1.54) is 4.90 Å². The summed E-state index contributed by atoms with van der Waals surface area (Å²) in [5.74, 6) is -1.57.